The zero-order valence-corrected chi connectivity index (χ0v) is 33.0. The predicted molar refractivity (Wildman–Crippen MR) is 197 cm³/mol. The smallest absolute Gasteiger partial charge is 0.329 e. The number of carbonyl (C=O) groups excluding carboxylic acids is 4. The molecule has 0 unspecified atom stereocenters. The van der Waals surface area contributed by atoms with E-state index in [1.54, 1.807) is 62.3 Å². The summed E-state index contributed by atoms with van der Waals surface area (Å²) in [6.07, 6.45) is 18.5. The average Bonchev–Trinajstić information content (AvgIpc) is 2.95. The lowest BCUT2D eigenvalue weighted by Gasteiger charge is -2.27. The second-order valence-electron chi connectivity index (χ2n) is 16.5. The molecular weight excluding hydrogens is 640 g/mol. The maximum atomic E-state index is 13.1. The monoisotopic (exact) mass is 713 g/mol. The fourth-order valence-electron chi connectivity index (χ4n) is 5.36. The highest BCUT2D eigenvalue weighted by Gasteiger charge is 2.31. The van der Waals surface area contributed by atoms with E-state index >= 15 is 0 Å². The van der Waals surface area contributed by atoms with Gasteiger partial charge in [-0.15, -0.1) is 0 Å². The number of aliphatic carboxylic acids is 1. The fourth-order valence-corrected chi connectivity index (χ4v) is 5.36. The van der Waals surface area contributed by atoms with E-state index < -0.39 is 58.8 Å². The molecule has 292 valence electrons. The van der Waals surface area contributed by atoms with Crippen LogP contribution < -0.4 is 10.6 Å². The number of nitrogens with one attached hydrogen (secondary N) is 2. The molecule has 0 fully saturated rings. The summed E-state index contributed by atoms with van der Waals surface area (Å²) < 4.78 is 16.4. The van der Waals surface area contributed by atoms with Crippen molar-refractivity contribution in [3.05, 3.63) is 0 Å². The molecule has 0 aromatic heterocycles. The van der Waals surface area contributed by atoms with E-state index in [-0.39, 0.29) is 19.3 Å². The van der Waals surface area contributed by atoms with Gasteiger partial charge in [-0.3, -0.25) is 9.59 Å². The van der Waals surface area contributed by atoms with Crippen molar-refractivity contribution in [1.82, 2.24) is 10.6 Å². The Morgan fingerprint density at radius 3 is 1.12 bits per heavy atom. The lowest BCUT2D eigenvalue weighted by Crippen LogP contribution is -2.53. The molecule has 0 aromatic carbocycles. The number of carboxylic acid groups (broad SMARTS) is 1. The second-order valence-corrected chi connectivity index (χ2v) is 16.5. The number of carboxylic acids is 1. The Balaban J connectivity index is 4.66. The highest BCUT2D eigenvalue weighted by atomic mass is 16.6. The molecule has 0 heterocycles. The lowest BCUT2D eigenvalue weighted by molar-refractivity contribution is -0.159. The van der Waals surface area contributed by atoms with Crippen LogP contribution in [-0.4, -0.2) is 63.9 Å². The molecule has 2 atom stereocenters. The molecule has 0 rings (SSSR count). The van der Waals surface area contributed by atoms with Gasteiger partial charge in [-0.25, -0.2) is 14.4 Å². The number of hydrogen-bond donors (Lipinski definition) is 3. The molecule has 0 aliphatic carbocycles. The zero-order valence-electron chi connectivity index (χ0n) is 33.0. The van der Waals surface area contributed by atoms with Crippen LogP contribution in [0.25, 0.3) is 0 Å². The van der Waals surface area contributed by atoms with Gasteiger partial charge in [0, 0.05) is 12.8 Å². The van der Waals surface area contributed by atoms with Gasteiger partial charge in [-0.1, -0.05) is 96.3 Å². The van der Waals surface area contributed by atoms with Crippen molar-refractivity contribution in [2.45, 2.75) is 220 Å². The number of rotatable bonds is 26. The van der Waals surface area contributed by atoms with Crippen LogP contribution >= 0.6 is 0 Å². The van der Waals surface area contributed by atoms with Gasteiger partial charge >= 0.3 is 29.9 Å². The SMILES string of the molecule is CC(C)(C)OC(=O)CC[C@H](NC(=O)N[C@@H](CCCCCCCCCCCCCCCCCCC(=O)O)C(=O)OC(C)(C)C)C(=O)OC(C)(C)C. The molecule has 11 nitrogen and oxygen atoms in total. The molecule has 3 N–H and O–H groups in total. The Morgan fingerprint density at radius 1 is 0.460 bits per heavy atom. The highest BCUT2D eigenvalue weighted by Crippen LogP contribution is 2.17. The summed E-state index contributed by atoms with van der Waals surface area (Å²) in [5, 5.41) is 14.0. The summed E-state index contributed by atoms with van der Waals surface area (Å²) >= 11 is 0. The van der Waals surface area contributed by atoms with Crippen LogP contribution in [0.4, 0.5) is 4.79 Å². The maximum Gasteiger partial charge on any atom is 0.329 e. The lowest BCUT2D eigenvalue weighted by atomic mass is 10.0. The van der Waals surface area contributed by atoms with Crippen LogP contribution in [0.2, 0.25) is 0 Å². The Kier molecular flexibility index (Phi) is 23.7. The number of urea groups is 1. The number of hydrogen-bond acceptors (Lipinski definition) is 8. The van der Waals surface area contributed by atoms with Gasteiger partial charge in [-0.05, 0) is 81.6 Å². The molecule has 11 heteroatoms. The normalized spacial score (nSPS) is 13.2. The summed E-state index contributed by atoms with van der Waals surface area (Å²) in [5.41, 5.74) is -2.21. The van der Waals surface area contributed by atoms with Crippen molar-refractivity contribution in [3.8, 4) is 0 Å². The quantitative estimate of drug-likeness (QED) is 0.0452. The molecule has 0 aliphatic rings. The van der Waals surface area contributed by atoms with Crippen molar-refractivity contribution in [2.75, 3.05) is 0 Å². The molecule has 0 saturated heterocycles. The predicted octanol–water partition coefficient (Wildman–Crippen LogP) is 8.93. The van der Waals surface area contributed by atoms with E-state index in [1.807, 2.05) is 0 Å². The second kappa shape index (κ2) is 25.2. The van der Waals surface area contributed by atoms with Crippen molar-refractivity contribution < 1.29 is 43.3 Å². The van der Waals surface area contributed by atoms with Crippen LogP contribution in [0.1, 0.15) is 191 Å². The largest absolute Gasteiger partial charge is 0.481 e. The van der Waals surface area contributed by atoms with Gasteiger partial charge in [0.2, 0.25) is 0 Å². The summed E-state index contributed by atoms with van der Waals surface area (Å²) in [6, 6.07) is -2.72. The minimum Gasteiger partial charge on any atom is -0.481 e. The summed E-state index contributed by atoms with van der Waals surface area (Å²) in [5.74, 6) is -2.41. The number of ether oxygens (including phenoxy) is 3. The zero-order chi connectivity index (χ0) is 38.2. The number of carbonyl (C=O) groups is 5. The fraction of sp³-hybridized carbons (Fsp3) is 0.872. The van der Waals surface area contributed by atoms with Crippen LogP contribution in [-0.2, 0) is 33.4 Å². The van der Waals surface area contributed by atoms with Crippen molar-refractivity contribution in [3.63, 3.8) is 0 Å². The maximum absolute atomic E-state index is 13.1. The summed E-state index contributed by atoms with van der Waals surface area (Å²) in [4.78, 5) is 61.9. The van der Waals surface area contributed by atoms with E-state index in [2.05, 4.69) is 10.6 Å². The van der Waals surface area contributed by atoms with E-state index in [0.717, 1.165) is 44.9 Å². The first-order chi connectivity index (χ1) is 23.2. The minimum atomic E-state index is -1.12. The molecule has 0 aromatic rings. The van der Waals surface area contributed by atoms with E-state index in [4.69, 9.17) is 19.3 Å². The first kappa shape index (κ1) is 47.1. The molecule has 0 aliphatic heterocycles. The first-order valence-corrected chi connectivity index (χ1v) is 19.1. The van der Waals surface area contributed by atoms with Crippen molar-refractivity contribution in [2.24, 2.45) is 0 Å². The Bertz CT molecular complexity index is 993. The van der Waals surface area contributed by atoms with Gasteiger partial charge in [0.25, 0.3) is 0 Å². The van der Waals surface area contributed by atoms with Gasteiger partial charge in [0.05, 0.1) is 0 Å². The van der Waals surface area contributed by atoms with Gasteiger partial charge in [0.15, 0.2) is 0 Å². The Hall–Kier alpha value is -2.85. The van der Waals surface area contributed by atoms with Gasteiger partial charge in [0.1, 0.15) is 28.9 Å². The molecule has 0 spiro atoms. The van der Waals surface area contributed by atoms with Crippen molar-refractivity contribution >= 4 is 29.9 Å². The minimum absolute atomic E-state index is 0.0207. The van der Waals surface area contributed by atoms with Crippen LogP contribution in [0.15, 0.2) is 0 Å². The third kappa shape index (κ3) is 30.0. The van der Waals surface area contributed by atoms with Gasteiger partial charge in [-0.2, -0.15) is 0 Å². The summed E-state index contributed by atoms with van der Waals surface area (Å²) in [7, 11) is 0. The molecule has 50 heavy (non-hydrogen) atoms. The van der Waals surface area contributed by atoms with E-state index in [9.17, 15) is 24.0 Å². The van der Waals surface area contributed by atoms with E-state index in [1.165, 1.54) is 57.8 Å². The molecule has 0 radical (unpaired) electrons. The first-order valence-electron chi connectivity index (χ1n) is 19.1. The standard InChI is InChI=1S/C39H72N2O9/c1-37(2,3)48-33(44)29-28-31(35(46)50-39(7,8)9)41-36(47)40-30(34(45)49-38(4,5)6)26-24-22-20-18-16-14-12-10-11-13-15-17-19-21-23-25-27-32(42)43/h30-31H,10-29H2,1-9H3,(H,42,43)(H2,40,41,47)/t30-,31-/m0/s1. The third-order valence-electron chi connectivity index (χ3n) is 7.68. The Labute approximate surface area is 303 Å². The van der Waals surface area contributed by atoms with Crippen LogP contribution in [0.5, 0.6) is 0 Å². The summed E-state index contributed by atoms with van der Waals surface area (Å²) in [6.45, 7) is 15.7. The molecular formula is C39H72N2O9. The molecule has 0 bridgehead atoms. The number of unbranched alkanes of at least 4 members (excludes halogenated alkanes) is 15. The van der Waals surface area contributed by atoms with Crippen molar-refractivity contribution in [1.29, 1.82) is 0 Å². The highest BCUT2D eigenvalue weighted by molar-refractivity contribution is 5.87. The van der Waals surface area contributed by atoms with E-state index in [0.29, 0.717) is 6.42 Å². The average molecular weight is 713 g/mol. The third-order valence-corrected chi connectivity index (χ3v) is 7.68. The number of amides is 2. The van der Waals surface area contributed by atoms with Gasteiger partial charge < -0.3 is 30.0 Å². The van der Waals surface area contributed by atoms with Crippen LogP contribution in [0.3, 0.4) is 0 Å². The molecule has 0 saturated carbocycles. The Morgan fingerprint density at radius 2 is 0.780 bits per heavy atom. The molecule has 2 amide bonds. The topological polar surface area (TPSA) is 157 Å². The number of esters is 3. The van der Waals surface area contributed by atoms with Crippen LogP contribution in [0, 0.1) is 0 Å².